The molecule has 1 atom stereocenters. The summed E-state index contributed by atoms with van der Waals surface area (Å²) >= 11 is 3.48. The number of nitrogens with zero attached hydrogens (tertiary/aromatic N) is 1. The topological polar surface area (TPSA) is 67.6 Å². The third kappa shape index (κ3) is 4.06. The van der Waals surface area contributed by atoms with Crippen LogP contribution in [-0.2, 0) is 16.1 Å². The van der Waals surface area contributed by atoms with Gasteiger partial charge in [0.25, 0.3) is 5.91 Å². The number of carbonyl (C=O) groups is 1. The number of rotatable bonds is 6. The first-order valence-electron chi connectivity index (χ1n) is 5.53. The fourth-order valence-corrected chi connectivity index (χ4v) is 2.07. The highest BCUT2D eigenvalue weighted by atomic mass is 79.9. The zero-order valence-electron chi connectivity index (χ0n) is 10.5. The molecule has 1 aromatic carbocycles. The normalized spacial score (nSPS) is 12.5. The monoisotopic (exact) mass is 315 g/mol. The van der Waals surface area contributed by atoms with E-state index in [4.69, 9.17) is 10.6 Å². The molecule has 0 radical (unpaired) electrons. The third-order valence-corrected chi connectivity index (χ3v) is 3.45. The van der Waals surface area contributed by atoms with Gasteiger partial charge in [0, 0.05) is 18.1 Å². The number of hydrogen-bond donors (Lipinski definition) is 2. The van der Waals surface area contributed by atoms with Crippen molar-refractivity contribution in [3.63, 3.8) is 0 Å². The molecule has 1 rings (SSSR count). The van der Waals surface area contributed by atoms with Crippen LogP contribution in [0.5, 0.6) is 0 Å². The second kappa shape index (κ2) is 7.48. The van der Waals surface area contributed by atoms with E-state index in [2.05, 4.69) is 21.4 Å². The van der Waals surface area contributed by atoms with Crippen LogP contribution in [0.4, 0.5) is 0 Å². The molecule has 18 heavy (non-hydrogen) atoms. The van der Waals surface area contributed by atoms with Crippen LogP contribution in [0.15, 0.2) is 28.7 Å². The van der Waals surface area contributed by atoms with Gasteiger partial charge in [0.1, 0.15) is 6.04 Å². The Bertz CT molecular complexity index is 401. The van der Waals surface area contributed by atoms with E-state index >= 15 is 0 Å². The van der Waals surface area contributed by atoms with Crippen molar-refractivity contribution in [2.75, 3.05) is 20.8 Å². The molecule has 0 bridgehead atoms. The maximum absolute atomic E-state index is 11.6. The van der Waals surface area contributed by atoms with Gasteiger partial charge in [0.05, 0.1) is 6.61 Å². The van der Waals surface area contributed by atoms with Crippen molar-refractivity contribution in [1.29, 1.82) is 0 Å². The van der Waals surface area contributed by atoms with Gasteiger partial charge in [0.15, 0.2) is 0 Å². The average molecular weight is 316 g/mol. The fraction of sp³-hybridized carbons (Fsp3) is 0.417. The summed E-state index contributed by atoms with van der Waals surface area (Å²) in [5, 5.41) is 0. The van der Waals surface area contributed by atoms with Crippen LogP contribution in [0.2, 0.25) is 0 Å². The van der Waals surface area contributed by atoms with Gasteiger partial charge in [-0.3, -0.25) is 15.1 Å². The second-order valence-corrected chi connectivity index (χ2v) is 4.84. The van der Waals surface area contributed by atoms with Crippen LogP contribution < -0.4 is 11.3 Å². The van der Waals surface area contributed by atoms with E-state index in [1.54, 1.807) is 7.11 Å². The van der Waals surface area contributed by atoms with Gasteiger partial charge in [0.2, 0.25) is 0 Å². The number of ether oxygens (including phenoxy) is 1. The molecule has 0 fully saturated rings. The van der Waals surface area contributed by atoms with Crippen molar-refractivity contribution in [1.82, 2.24) is 10.3 Å². The molecule has 0 saturated heterocycles. The summed E-state index contributed by atoms with van der Waals surface area (Å²) in [4.78, 5) is 13.5. The SMILES string of the molecule is COCC(C(=O)NN)N(C)Cc1ccccc1Br. The maximum atomic E-state index is 11.6. The Morgan fingerprint density at radius 2 is 2.22 bits per heavy atom. The fourth-order valence-electron chi connectivity index (χ4n) is 1.66. The lowest BCUT2D eigenvalue weighted by atomic mass is 10.2. The molecule has 0 aliphatic rings. The maximum Gasteiger partial charge on any atom is 0.253 e. The molecule has 1 amide bonds. The van der Waals surface area contributed by atoms with Crippen molar-refractivity contribution in [2.45, 2.75) is 12.6 Å². The Morgan fingerprint density at radius 3 is 2.78 bits per heavy atom. The quantitative estimate of drug-likeness (QED) is 0.465. The van der Waals surface area contributed by atoms with E-state index in [0.29, 0.717) is 13.2 Å². The highest BCUT2D eigenvalue weighted by molar-refractivity contribution is 9.10. The summed E-state index contributed by atoms with van der Waals surface area (Å²) in [6, 6.07) is 7.48. The molecule has 100 valence electrons. The number of methoxy groups -OCH3 is 1. The summed E-state index contributed by atoms with van der Waals surface area (Å²) in [5.41, 5.74) is 3.26. The second-order valence-electron chi connectivity index (χ2n) is 3.99. The largest absolute Gasteiger partial charge is 0.383 e. The van der Waals surface area contributed by atoms with Crippen LogP contribution in [0.3, 0.4) is 0 Å². The molecule has 0 heterocycles. The van der Waals surface area contributed by atoms with Gasteiger partial charge >= 0.3 is 0 Å². The molecule has 5 nitrogen and oxygen atoms in total. The Balaban J connectivity index is 2.75. The summed E-state index contributed by atoms with van der Waals surface area (Å²) in [6.07, 6.45) is 0. The van der Waals surface area contributed by atoms with Gasteiger partial charge in [-0.15, -0.1) is 0 Å². The van der Waals surface area contributed by atoms with E-state index in [0.717, 1.165) is 10.0 Å². The number of nitrogens with two attached hydrogens (primary N) is 1. The Kier molecular flexibility index (Phi) is 6.28. The lowest BCUT2D eigenvalue weighted by Gasteiger charge is -2.26. The molecule has 6 heteroatoms. The number of hydrazine groups is 1. The van der Waals surface area contributed by atoms with Crippen molar-refractivity contribution in [3.8, 4) is 0 Å². The summed E-state index contributed by atoms with van der Waals surface area (Å²) < 4.78 is 6.06. The minimum Gasteiger partial charge on any atom is -0.383 e. The van der Waals surface area contributed by atoms with Gasteiger partial charge in [-0.05, 0) is 18.7 Å². The number of carbonyl (C=O) groups excluding carboxylic acids is 1. The molecule has 1 aromatic rings. The number of amides is 1. The van der Waals surface area contributed by atoms with Crippen molar-refractivity contribution >= 4 is 21.8 Å². The number of hydrogen-bond acceptors (Lipinski definition) is 4. The zero-order chi connectivity index (χ0) is 13.5. The lowest BCUT2D eigenvalue weighted by Crippen LogP contribution is -2.49. The highest BCUT2D eigenvalue weighted by Gasteiger charge is 2.22. The van der Waals surface area contributed by atoms with E-state index in [9.17, 15) is 4.79 Å². The van der Waals surface area contributed by atoms with Crippen LogP contribution in [0, 0.1) is 0 Å². The zero-order valence-corrected chi connectivity index (χ0v) is 12.1. The number of likely N-dealkylation sites (N-methyl/N-ethyl adjacent to an activating group) is 1. The summed E-state index contributed by atoms with van der Waals surface area (Å²) in [5.74, 6) is 4.92. The molecule has 0 spiro atoms. The van der Waals surface area contributed by atoms with Gasteiger partial charge in [-0.2, -0.15) is 0 Å². The first-order valence-corrected chi connectivity index (χ1v) is 6.32. The van der Waals surface area contributed by atoms with Gasteiger partial charge in [-0.1, -0.05) is 34.1 Å². The van der Waals surface area contributed by atoms with Crippen molar-refractivity contribution in [3.05, 3.63) is 34.3 Å². The predicted molar refractivity (Wildman–Crippen MR) is 73.6 cm³/mol. The van der Waals surface area contributed by atoms with Crippen LogP contribution in [0.25, 0.3) is 0 Å². The minimum atomic E-state index is -0.410. The van der Waals surface area contributed by atoms with Gasteiger partial charge in [-0.25, -0.2) is 5.84 Å². The molecule has 0 saturated carbocycles. The number of benzene rings is 1. The first kappa shape index (κ1) is 15.1. The summed E-state index contributed by atoms with van der Waals surface area (Å²) in [6.45, 7) is 0.923. The Hall–Kier alpha value is -0.950. The number of halogens is 1. The van der Waals surface area contributed by atoms with Crippen LogP contribution >= 0.6 is 15.9 Å². The molecule has 3 N–H and O–H groups in total. The predicted octanol–water partition coefficient (Wildman–Crippen LogP) is 0.886. The Morgan fingerprint density at radius 1 is 1.56 bits per heavy atom. The van der Waals surface area contributed by atoms with Crippen molar-refractivity contribution < 1.29 is 9.53 Å². The standard InChI is InChI=1S/C12H18BrN3O2/c1-16(11(8-18-2)12(17)15-14)7-9-5-3-4-6-10(9)13/h3-6,11H,7-8,14H2,1-2H3,(H,15,17). The minimum absolute atomic E-state index is 0.258. The third-order valence-electron chi connectivity index (χ3n) is 2.68. The van der Waals surface area contributed by atoms with Gasteiger partial charge < -0.3 is 4.74 Å². The molecule has 0 aliphatic heterocycles. The molecule has 0 aromatic heterocycles. The Labute approximate surface area is 115 Å². The molecular weight excluding hydrogens is 298 g/mol. The van der Waals surface area contributed by atoms with Crippen LogP contribution in [0.1, 0.15) is 5.56 Å². The van der Waals surface area contributed by atoms with E-state index < -0.39 is 6.04 Å². The smallest absolute Gasteiger partial charge is 0.253 e. The number of nitrogens with one attached hydrogen (secondary N) is 1. The van der Waals surface area contributed by atoms with Crippen molar-refractivity contribution in [2.24, 2.45) is 5.84 Å². The lowest BCUT2D eigenvalue weighted by molar-refractivity contribution is -0.128. The van der Waals surface area contributed by atoms with Crippen LogP contribution in [-0.4, -0.2) is 37.6 Å². The molecule has 0 aliphatic carbocycles. The van der Waals surface area contributed by atoms with E-state index in [1.807, 2.05) is 36.2 Å². The highest BCUT2D eigenvalue weighted by Crippen LogP contribution is 2.18. The van der Waals surface area contributed by atoms with E-state index in [1.165, 1.54) is 0 Å². The van der Waals surface area contributed by atoms with E-state index in [-0.39, 0.29) is 5.91 Å². The summed E-state index contributed by atoms with van der Waals surface area (Å²) in [7, 11) is 3.42. The molecule has 1 unspecified atom stereocenters. The first-order chi connectivity index (χ1) is 8.60. The molecular formula is C12H18BrN3O2. The average Bonchev–Trinajstić information content (AvgIpc) is 2.37.